The smallest absolute Gasteiger partial charge is 0.0310 e. The zero-order valence-electron chi connectivity index (χ0n) is 14.6. The molecule has 0 aliphatic carbocycles. The molecule has 0 spiro atoms. The maximum atomic E-state index is 3.88. The quantitative estimate of drug-likeness (QED) is 0.270. The van der Waals surface area contributed by atoms with Gasteiger partial charge in [0, 0.05) is 0 Å². The molecule has 0 aromatic carbocycles. The summed E-state index contributed by atoms with van der Waals surface area (Å²) in [5.74, 6) is 0. The topological polar surface area (TPSA) is 0 Å². The van der Waals surface area contributed by atoms with Crippen molar-refractivity contribution in [2.45, 2.75) is 89.0 Å². The lowest BCUT2D eigenvalue weighted by Crippen LogP contribution is -1.76. The van der Waals surface area contributed by atoms with Gasteiger partial charge in [-0.2, -0.15) is 0 Å². The molecule has 0 bridgehead atoms. The Balaban J connectivity index is -0.0000000816. The van der Waals surface area contributed by atoms with Crippen molar-refractivity contribution >= 4 is 0 Å². The molecule has 0 amide bonds. The van der Waals surface area contributed by atoms with Gasteiger partial charge in [0.25, 0.3) is 0 Å². The summed E-state index contributed by atoms with van der Waals surface area (Å²) in [5, 5.41) is 0. The minimum Gasteiger partial charge on any atom is -0.0959 e. The van der Waals surface area contributed by atoms with Crippen LogP contribution in [0.1, 0.15) is 89.0 Å². The molecule has 0 nitrogen and oxygen atoms in total. The van der Waals surface area contributed by atoms with Crippen molar-refractivity contribution < 1.29 is 0 Å². The van der Waals surface area contributed by atoms with E-state index in [0.717, 1.165) is 19.3 Å². The Kier molecular flexibility index (Phi) is 58.6. The summed E-state index contributed by atoms with van der Waals surface area (Å²) in [7, 11) is 0. The molecular weight excluding hydrogens is 228 g/mol. The SMILES string of the molecule is C.C=C(C)C(C)=CCC/C=C\CC.CC.CC.CC. The fourth-order valence-electron chi connectivity index (χ4n) is 0.855. The van der Waals surface area contributed by atoms with Gasteiger partial charge < -0.3 is 0 Å². The highest BCUT2D eigenvalue weighted by Crippen LogP contribution is 2.07. The normalized spacial score (nSPS) is 8.79. The third-order valence-corrected chi connectivity index (χ3v) is 1.86. The molecule has 0 saturated carbocycles. The lowest BCUT2D eigenvalue weighted by molar-refractivity contribution is 1.02. The standard InChI is InChI=1S/C12H20.3C2H6.CH4/c1-5-6-7-8-9-10-12(4)11(2)3;3*1-2;/h6-7,10H,2,5,8-9H2,1,3-4H3;3*1-2H3;1H4/b7-6-,12-10?;;;;. The van der Waals surface area contributed by atoms with Gasteiger partial charge in [-0.15, -0.1) is 0 Å². The van der Waals surface area contributed by atoms with Gasteiger partial charge in [0.15, 0.2) is 0 Å². The lowest BCUT2D eigenvalue weighted by atomic mass is 10.1. The van der Waals surface area contributed by atoms with E-state index < -0.39 is 0 Å². The van der Waals surface area contributed by atoms with Crippen LogP contribution in [0.2, 0.25) is 0 Å². The molecule has 0 aliphatic rings. The Morgan fingerprint density at radius 2 is 1.26 bits per heavy atom. The van der Waals surface area contributed by atoms with E-state index in [1.807, 2.05) is 48.5 Å². The van der Waals surface area contributed by atoms with Gasteiger partial charge >= 0.3 is 0 Å². The van der Waals surface area contributed by atoms with E-state index in [0.29, 0.717) is 0 Å². The first-order valence-electron chi connectivity index (χ1n) is 7.66. The summed E-state index contributed by atoms with van der Waals surface area (Å²) in [6, 6.07) is 0. The number of hydrogen-bond donors (Lipinski definition) is 0. The summed E-state index contributed by atoms with van der Waals surface area (Å²) >= 11 is 0. The van der Waals surface area contributed by atoms with Crippen molar-refractivity contribution in [1.29, 1.82) is 0 Å². The highest BCUT2D eigenvalue weighted by Gasteiger charge is 1.86. The molecule has 0 heterocycles. The van der Waals surface area contributed by atoms with E-state index in [1.54, 1.807) is 0 Å². The minimum absolute atomic E-state index is 0. The van der Waals surface area contributed by atoms with Crippen molar-refractivity contribution in [3.63, 3.8) is 0 Å². The predicted molar refractivity (Wildman–Crippen MR) is 98.0 cm³/mol. The summed E-state index contributed by atoms with van der Waals surface area (Å²) in [6.45, 7) is 22.2. The number of allylic oxidation sites excluding steroid dienone is 5. The molecule has 0 unspecified atom stereocenters. The molecule has 0 aliphatic heterocycles. The van der Waals surface area contributed by atoms with Gasteiger partial charge in [-0.25, -0.2) is 0 Å². The summed E-state index contributed by atoms with van der Waals surface area (Å²) in [6.07, 6.45) is 10.1. The monoisotopic (exact) mass is 270 g/mol. The highest BCUT2D eigenvalue weighted by molar-refractivity contribution is 5.23. The Morgan fingerprint density at radius 1 is 0.842 bits per heavy atom. The van der Waals surface area contributed by atoms with Gasteiger partial charge in [-0.3, -0.25) is 0 Å². The van der Waals surface area contributed by atoms with Crippen LogP contribution in [-0.4, -0.2) is 0 Å². The van der Waals surface area contributed by atoms with E-state index >= 15 is 0 Å². The summed E-state index contributed by atoms with van der Waals surface area (Å²) < 4.78 is 0. The van der Waals surface area contributed by atoms with Crippen LogP contribution < -0.4 is 0 Å². The molecule has 0 fully saturated rings. The molecule has 0 heteroatoms. The average Bonchev–Trinajstić information content (AvgIpc) is 2.45. The first kappa shape index (κ1) is 30.9. The van der Waals surface area contributed by atoms with Crippen LogP contribution in [0.15, 0.2) is 36.0 Å². The van der Waals surface area contributed by atoms with E-state index in [1.165, 1.54) is 11.1 Å². The second kappa shape index (κ2) is 36.0. The highest BCUT2D eigenvalue weighted by atomic mass is 13.9. The zero-order valence-corrected chi connectivity index (χ0v) is 14.6. The van der Waals surface area contributed by atoms with Crippen LogP contribution in [0, 0.1) is 0 Å². The van der Waals surface area contributed by atoms with Crippen LogP contribution >= 0.6 is 0 Å². The third kappa shape index (κ3) is 38.2. The molecule has 0 aromatic rings. The molecule has 0 rings (SSSR count). The fourth-order valence-corrected chi connectivity index (χ4v) is 0.855. The molecule has 0 saturated heterocycles. The number of rotatable bonds is 5. The number of unbranched alkanes of at least 4 members (excludes halogenated alkanes) is 1. The maximum Gasteiger partial charge on any atom is -0.0310 e. The second-order valence-corrected chi connectivity index (χ2v) is 3.12. The van der Waals surface area contributed by atoms with Gasteiger partial charge in [0.2, 0.25) is 0 Å². The molecule has 0 radical (unpaired) electrons. The molecule has 0 aromatic heterocycles. The minimum atomic E-state index is 0. The Labute approximate surface area is 125 Å². The maximum absolute atomic E-state index is 3.88. The van der Waals surface area contributed by atoms with E-state index in [9.17, 15) is 0 Å². The van der Waals surface area contributed by atoms with Crippen molar-refractivity contribution in [3.05, 3.63) is 36.0 Å². The first-order chi connectivity index (χ1) is 8.68. The molecule has 0 N–H and O–H groups in total. The van der Waals surface area contributed by atoms with E-state index in [-0.39, 0.29) is 7.43 Å². The van der Waals surface area contributed by atoms with Gasteiger partial charge in [-0.1, -0.05) is 91.8 Å². The Hall–Kier alpha value is -0.780. The van der Waals surface area contributed by atoms with Crippen LogP contribution in [-0.2, 0) is 0 Å². The summed E-state index contributed by atoms with van der Waals surface area (Å²) in [5.41, 5.74) is 2.49. The average molecular weight is 271 g/mol. The first-order valence-corrected chi connectivity index (χ1v) is 7.66. The molecule has 19 heavy (non-hydrogen) atoms. The van der Waals surface area contributed by atoms with E-state index in [2.05, 4.69) is 38.7 Å². The predicted octanol–water partition coefficient (Wildman–Crippen LogP) is 7.97. The number of hydrogen-bond acceptors (Lipinski definition) is 0. The van der Waals surface area contributed by atoms with Crippen molar-refractivity contribution in [3.8, 4) is 0 Å². The Bertz CT molecular complexity index is 182. The van der Waals surface area contributed by atoms with E-state index in [4.69, 9.17) is 0 Å². The molecule has 118 valence electrons. The van der Waals surface area contributed by atoms with Crippen LogP contribution in [0.5, 0.6) is 0 Å². The molecular formula is C19H42. The van der Waals surface area contributed by atoms with Gasteiger partial charge in [-0.05, 0) is 33.1 Å². The zero-order chi connectivity index (χ0) is 15.4. The summed E-state index contributed by atoms with van der Waals surface area (Å²) in [4.78, 5) is 0. The lowest BCUT2D eigenvalue weighted by Gasteiger charge is -1.96. The van der Waals surface area contributed by atoms with Gasteiger partial charge in [0.1, 0.15) is 0 Å². The largest absolute Gasteiger partial charge is 0.0959 e. The van der Waals surface area contributed by atoms with Crippen molar-refractivity contribution in [1.82, 2.24) is 0 Å². The van der Waals surface area contributed by atoms with Gasteiger partial charge in [0.05, 0.1) is 0 Å². The van der Waals surface area contributed by atoms with Crippen molar-refractivity contribution in [2.24, 2.45) is 0 Å². The van der Waals surface area contributed by atoms with Crippen LogP contribution in [0.3, 0.4) is 0 Å². The van der Waals surface area contributed by atoms with Crippen LogP contribution in [0.25, 0.3) is 0 Å². The second-order valence-electron chi connectivity index (χ2n) is 3.12. The van der Waals surface area contributed by atoms with Crippen molar-refractivity contribution in [2.75, 3.05) is 0 Å². The fraction of sp³-hybridized carbons (Fsp3) is 0.684. The van der Waals surface area contributed by atoms with Crippen LogP contribution in [0.4, 0.5) is 0 Å². The Morgan fingerprint density at radius 3 is 1.58 bits per heavy atom. The molecule has 0 atom stereocenters. The third-order valence-electron chi connectivity index (χ3n) is 1.86.